The van der Waals surface area contributed by atoms with E-state index in [1.807, 2.05) is 0 Å². The quantitative estimate of drug-likeness (QED) is 0.625. The fraction of sp³-hybridized carbons (Fsp3) is 1.00. The number of hydrogen-bond acceptors (Lipinski definition) is 2. The van der Waals surface area contributed by atoms with E-state index in [9.17, 15) is 5.11 Å². The first-order chi connectivity index (χ1) is 5.52. The lowest BCUT2D eigenvalue weighted by atomic mass is 9.78. The van der Waals surface area contributed by atoms with Crippen LogP contribution < -0.4 is 5.32 Å². The van der Waals surface area contributed by atoms with Gasteiger partial charge in [0.05, 0.1) is 6.10 Å². The van der Waals surface area contributed by atoms with Crippen molar-refractivity contribution in [2.75, 3.05) is 13.1 Å². The monoisotopic (exact) mass is 171 g/mol. The van der Waals surface area contributed by atoms with Gasteiger partial charge in [-0.15, -0.1) is 0 Å². The zero-order valence-electron chi connectivity index (χ0n) is 8.43. The third-order valence-electron chi connectivity index (χ3n) is 2.72. The highest BCUT2D eigenvalue weighted by Crippen LogP contribution is 2.29. The van der Waals surface area contributed by atoms with Crippen molar-refractivity contribution in [2.24, 2.45) is 11.3 Å². The van der Waals surface area contributed by atoms with E-state index in [1.54, 1.807) is 0 Å². The van der Waals surface area contributed by atoms with Crippen LogP contribution in [0.5, 0.6) is 0 Å². The van der Waals surface area contributed by atoms with Crippen molar-refractivity contribution in [3.8, 4) is 0 Å². The van der Waals surface area contributed by atoms with Gasteiger partial charge in [0, 0.05) is 0 Å². The Balaban J connectivity index is 2.45. The molecule has 72 valence electrons. The first kappa shape index (κ1) is 10.0. The zero-order valence-corrected chi connectivity index (χ0v) is 8.43. The Kier molecular flexibility index (Phi) is 3.13. The van der Waals surface area contributed by atoms with Crippen LogP contribution in [0.4, 0.5) is 0 Å². The molecule has 12 heavy (non-hydrogen) atoms. The van der Waals surface area contributed by atoms with Crippen molar-refractivity contribution in [3.05, 3.63) is 0 Å². The van der Waals surface area contributed by atoms with Crippen LogP contribution in [0.25, 0.3) is 0 Å². The van der Waals surface area contributed by atoms with Crippen LogP contribution >= 0.6 is 0 Å². The minimum Gasteiger partial charge on any atom is -0.392 e. The SMILES string of the molecule is CC(C)(C)[C@H](O)C1CCNCC1. The Morgan fingerprint density at radius 3 is 2.17 bits per heavy atom. The molecule has 1 aliphatic heterocycles. The lowest BCUT2D eigenvalue weighted by Gasteiger charge is -2.35. The Morgan fingerprint density at radius 1 is 1.25 bits per heavy atom. The predicted molar refractivity (Wildman–Crippen MR) is 51.1 cm³/mol. The summed E-state index contributed by atoms with van der Waals surface area (Å²) in [6.07, 6.45) is 2.11. The molecule has 0 radical (unpaired) electrons. The van der Waals surface area contributed by atoms with Gasteiger partial charge in [-0.25, -0.2) is 0 Å². The third-order valence-corrected chi connectivity index (χ3v) is 2.72. The maximum atomic E-state index is 9.98. The summed E-state index contributed by atoms with van der Waals surface area (Å²) in [6.45, 7) is 8.47. The van der Waals surface area contributed by atoms with Gasteiger partial charge in [0.1, 0.15) is 0 Å². The molecule has 2 N–H and O–H groups in total. The molecule has 0 aromatic rings. The van der Waals surface area contributed by atoms with Crippen LogP contribution in [-0.2, 0) is 0 Å². The minimum atomic E-state index is -0.139. The summed E-state index contributed by atoms with van der Waals surface area (Å²) in [5, 5.41) is 13.3. The molecule has 0 aromatic carbocycles. The van der Waals surface area contributed by atoms with Crippen LogP contribution in [0.1, 0.15) is 33.6 Å². The van der Waals surface area contributed by atoms with E-state index in [1.165, 1.54) is 0 Å². The van der Waals surface area contributed by atoms with Crippen LogP contribution in [-0.4, -0.2) is 24.3 Å². The third kappa shape index (κ3) is 2.46. The molecular weight excluding hydrogens is 150 g/mol. The molecule has 1 saturated heterocycles. The van der Waals surface area contributed by atoms with Gasteiger partial charge in [0.2, 0.25) is 0 Å². The predicted octanol–water partition coefficient (Wildman–Crippen LogP) is 1.39. The highest BCUT2D eigenvalue weighted by molar-refractivity contribution is 4.82. The van der Waals surface area contributed by atoms with E-state index in [2.05, 4.69) is 26.1 Å². The fourth-order valence-corrected chi connectivity index (χ4v) is 1.87. The summed E-state index contributed by atoms with van der Waals surface area (Å²) in [4.78, 5) is 0. The highest BCUT2D eigenvalue weighted by Gasteiger charge is 2.30. The summed E-state index contributed by atoms with van der Waals surface area (Å²) in [5.74, 6) is 0.506. The Labute approximate surface area is 75.4 Å². The number of rotatable bonds is 1. The van der Waals surface area contributed by atoms with E-state index in [-0.39, 0.29) is 11.5 Å². The largest absolute Gasteiger partial charge is 0.392 e. The van der Waals surface area contributed by atoms with Gasteiger partial charge in [-0.2, -0.15) is 0 Å². The highest BCUT2D eigenvalue weighted by atomic mass is 16.3. The number of hydrogen-bond donors (Lipinski definition) is 2. The maximum absolute atomic E-state index is 9.98. The Bertz CT molecular complexity index is 133. The molecule has 0 aliphatic carbocycles. The molecule has 2 nitrogen and oxygen atoms in total. The smallest absolute Gasteiger partial charge is 0.0617 e. The van der Waals surface area contributed by atoms with Gasteiger partial charge in [-0.3, -0.25) is 0 Å². The molecule has 1 fully saturated rings. The molecular formula is C10H21NO. The van der Waals surface area contributed by atoms with Crippen molar-refractivity contribution in [1.29, 1.82) is 0 Å². The molecule has 1 aliphatic rings. The van der Waals surface area contributed by atoms with Gasteiger partial charge in [-0.05, 0) is 37.3 Å². The van der Waals surface area contributed by atoms with Crippen molar-refractivity contribution in [3.63, 3.8) is 0 Å². The van der Waals surface area contributed by atoms with Crippen LogP contribution in [0.15, 0.2) is 0 Å². The molecule has 2 heteroatoms. The average Bonchev–Trinajstić information content (AvgIpc) is 2.03. The summed E-state index contributed by atoms with van der Waals surface area (Å²) in [6, 6.07) is 0. The Morgan fingerprint density at radius 2 is 1.75 bits per heavy atom. The van der Waals surface area contributed by atoms with E-state index < -0.39 is 0 Å². The topological polar surface area (TPSA) is 32.3 Å². The van der Waals surface area contributed by atoms with E-state index in [4.69, 9.17) is 0 Å². The minimum absolute atomic E-state index is 0.0437. The first-order valence-corrected chi connectivity index (χ1v) is 4.90. The number of aliphatic hydroxyl groups is 1. The van der Waals surface area contributed by atoms with Gasteiger partial charge in [0.15, 0.2) is 0 Å². The molecule has 1 atom stereocenters. The van der Waals surface area contributed by atoms with Gasteiger partial charge < -0.3 is 10.4 Å². The molecule has 0 spiro atoms. The summed E-state index contributed by atoms with van der Waals surface area (Å²) in [5.41, 5.74) is 0.0437. The second-order valence-electron chi connectivity index (χ2n) is 4.90. The second-order valence-corrected chi connectivity index (χ2v) is 4.90. The average molecular weight is 171 g/mol. The van der Waals surface area contributed by atoms with Crippen molar-refractivity contribution >= 4 is 0 Å². The van der Waals surface area contributed by atoms with E-state index in [0.29, 0.717) is 5.92 Å². The number of aliphatic hydroxyl groups excluding tert-OH is 1. The van der Waals surface area contributed by atoms with Crippen LogP contribution in [0, 0.1) is 11.3 Å². The molecule has 0 aromatic heterocycles. The van der Waals surface area contributed by atoms with Crippen molar-refractivity contribution in [1.82, 2.24) is 5.32 Å². The van der Waals surface area contributed by atoms with Crippen molar-refractivity contribution < 1.29 is 5.11 Å². The van der Waals surface area contributed by atoms with Gasteiger partial charge in [-0.1, -0.05) is 20.8 Å². The molecule has 0 bridgehead atoms. The van der Waals surface area contributed by atoms with Crippen molar-refractivity contribution in [2.45, 2.75) is 39.7 Å². The standard InChI is InChI=1S/C10H21NO/c1-10(2,3)9(12)8-4-6-11-7-5-8/h8-9,11-12H,4-7H2,1-3H3/t9-/m1/s1. The molecule has 0 saturated carbocycles. The number of piperidine rings is 1. The lowest BCUT2D eigenvalue weighted by molar-refractivity contribution is 0.000613. The Hall–Kier alpha value is -0.0800. The number of nitrogens with one attached hydrogen (secondary N) is 1. The first-order valence-electron chi connectivity index (χ1n) is 4.90. The summed E-state index contributed by atoms with van der Waals surface area (Å²) >= 11 is 0. The lowest BCUT2D eigenvalue weighted by Crippen LogP contribution is -2.40. The molecule has 0 unspecified atom stereocenters. The fourth-order valence-electron chi connectivity index (χ4n) is 1.87. The maximum Gasteiger partial charge on any atom is 0.0617 e. The summed E-state index contributed by atoms with van der Waals surface area (Å²) < 4.78 is 0. The van der Waals surface area contributed by atoms with Crippen LogP contribution in [0.3, 0.4) is 0 Å². The summed E-state index contributed by atoms with van der Waals surface area (Å²) in [7, 11) is 0. The normalized spacial score (nSPS) is 24.0. The molecule has 1 rings (SSSR count). The van der Waals surface area contributed by atoms with Gasteiger partial charge in [0.25, 0.3) is 0 Å². The van der Waals surface area contributed by atoms with Crippen LogP contribution in [0.2, 0.25) is 0 Å². The molecule has 1 heterocycles. The van der Waals surface area contributed by atoms with Gasteiger partial charge >= 0.3 is 0 Å². The molecule has 0 amide bonds. The van der Waals surface area contributed by atoms with E-state index >= 15 is 0 Å². The van der Waals surface area contributed by atoms with E-state index in [0.717, 1.165) is 25.9 Å². The zero-order chi connectivity index (χ0) is 9.19. The second kappa shape index (κ2) is 3.75.